The molecule has 1 aromatic carbocycles. The van der Waals surface area contributed by atoms with E-state index < -0.39 is 40.9 Å². The second kappa shape index (κ2) is 5.85. The predicted octanol–water partition coefficient (Wildman–Crippen LogP) is 2.20. The van der Waals surface area contributed by atoms with Gasteiger partial charge in [0.1, 0.15) is 0 Å². The number of hydrogen-bond donors (Lipinski definition) is 2. The van der Waals surface area contributed by atoms with Crippen LogP contribution < -0.4 is 5.32 Å². The summed E-state index contributed by atoms with van der Waals surface area (Å²) in [7, 11) is 0. The van der Waals surface area contributed by atoms with Crippen molar-refractivity contribution in [3.05, 3.63) is 35.4 Å². The molecular weight excluding hydrogens is 287 g/mol. The lowest BCUT2D eigenvalue weighted by atomic mass is 9.80. The minimum absolute atomic E-state index is 0.0714. The zero-order valence-electron chi connectivity index (χ0n) is 11.0. The molecule has 0 radical (unpaired) electrons. The molecule has 114 valence electrons. The highest BCUT2D eigenvalue weighted by atomic mass is 19.4. The summed E-state index contributed by atoms with van der Waals surface area (Å²) < 4.78 is 38.8. The van der Waals surface area contributed by atoms with Crippen LogP contribution in [0.5, 0.6) is 0 Å². The van der Waals surface area contributed by atoms with E-state index in [0.29, 0.717) is 6.54 Å². The first-order chi connectivity index (χ1) is 9.82. The van der Waals surface area contributed by atoms with E-state index in [0.717, 1.165) is 12.1 Å². The largest absolute Gasteiger partial charge is 0.481 e. The maximum Gasteiger partial charge on any atom is 0.417 e. The van der Waals surface area contributed by atoms with Crippen molar-refractivity contribution in [2.24, 2.45) is 11.8 Å². The average Bonchev–Trinajstić information content (AvgIpc) is 2.45. The lowest BCUT2D eigenvalue weighted by Gasteiger charge is -2.28. The fraction of sp³-hybridized carbons (Fsp3) is 0.429. The third-order valence-electron chi connectivity index (χ3n) is 3.63. The zero-order valence-corrected chi connectivity index (χ0v) is 11.0. The highest BCUT2D eigenvalue weighted by molar-refractivity contribution is 6.01. The van der Waals surface area contributed by atoms with Gasteiger partial charge in [-0.25, -0.2) is 0 Å². The van der Waals surface area contributed by atoms with Crippen LogP contribution >= 0.6 is 0 Å². The smallest absolute Gasteiger partial charge is 0.417 e. The molecular formula is C14H14F3NO3. The van der Waals surface area contributed by atoms with Gasteiger partial charge in [-0.2, -0.15) is 13.2 Å². The van der Waals surface area contributed by atoms with E-state index in [1.54, 1.807) is 0 Å². The number of carboxylic acids is 1. The Kier molecular flexibility index (Phi) is 4.32. The number of nitrogens with one attached hydrogen (secondary N) is 1. The zero-order chi connectivity index (χ0) is 15.6. The Bertz CT molecular complexity index is 557. The van der Waals surface area contributed by atoms with E-state index >= 15 is 0 Å². The second-order valence-electron chi connectivity index (χ2n) is 4.95. The molecule has 4 nitrogen and oxygen atoms in total. The molecule has 21 heavy (non-hydrogen) atoms. The number of carboxylic acid groups (broad SMARTS) is 1. The van der Waals surface area contributed by atoms with Crippen LogP contribution in [0.4, 0.5) is 13.2 Å². The molecule has 1 aliphatic rings. The molecule has 0 amide bonds. The van der Waals surface area contributed by atoms with Gasteiger partial charge in [0.15, 0.2) is 5.78 Å². The van der Waals surface area contributed by atoms with Crippen molar-refractivity contribution < 1.29 is 27.9 Å². The molecule has 2 N–H and O–H groups in total. The summed E-state index contributed by atoms with van der Waals surface area (Å²) in [5.41, 5.74) is -1.49. The molecule has 0 spiro atoms. The number of benzene rings is 1. The highest BCUT2D eigenvalue weighted by Gasteiger charge is 2.40. The summed E-state index contributed by atoms with van der Waals surface area (Å²) in [6, 6.07) is 4.47. The lowest BCUT2D eigenvalue weighted by Crippen LogP contribution is -2.44. The molecule has 2 rings (SSSR count). The third kappa shape index (κ3) is 3.24. The number of carbonyl (C=O) groups excluding carboxylic acids is 1. The minimum Gasteiger partial charge on any atom is -0.481 e. The molecule has 1 heterocycles. The van der Waals surface area contributed by atoms with Gasteiger partial charge in [0.2, 0.25) is 0 Å². The normalized spacial score (nSPS) is 22.8. The lowest BCUT2D eigenvalue weighted by molar-refractivity contribution is -0.143. The summed E-state index contributed by atoms with van der Waals surface area (Å²) in [6.45, 7) is 0.504. The number of ketones is 1. The molecule has 2 atom stereocenters. The van der Waals surface area contributed by atoms with Gasteiger partial charge in [-0.05, 0) is 19.0 Å². The number of hydrogen-bond acceptors (Lipinski definition) is 3. The number of aliphatic carboxylic acids is 1. The van der Waals surface area contributed by atoms with Crippen LogP contribution in [0.1, 0.15) is 22.3 Å². The van der Waals surface area contributed by atoms with Crippen LogP contribution in [0.3, 0.4) is 0 Å². The number of halogens is 3. The van der Waals surface area contributed by atoms with Gasteiger partial charge < -0.3 is 10.4 Å². The molecule has 7 heteroatoms. The van der Waals surface area contributed by atoms with Gasteiger partial charge in [-0.1, -0.05) is 18.2 Å². The maximum atomic E-state index is 12.9. The van der Waals surface area contributed by atoms with E-state index in [1.807, 2.05) is 0 Å². The van der Waals surface area contributed by atoms with E-state index in [9.17, 15) is 22.8 Å². The molecule has 1 aliphatic heterocycles. The van der Waals surface area contributed by atoms with Gasteiger partial charge in [0, 0.05) is 18.0 Å². The SMILES string of the molecule is O=C(O)C1CCNCC1C(=O)c1ccccc1C(F)(F)F. The van der Waals surface area contributed by atoms with Crippen LogP contribution in [-0.2, 0) is 11.0 Å². The first-order valence-corrected chi connectivity index (χ1v) is 6.46. The van der Waals surface area contributed by atoms with Crippen molar-refractivity contribution in [2.45, 2.75) is 12.6 Å². The van der Waals surface area contributed by atoms with Crippen molar-refractivity contribution in [1.82, 2.24) is 5.32 Å². The fourth-order valence-electron chi connectivity index (χ4n) is 2.57. The van der Waals surface area contributed by atoms with Crippen molar-refractivity contribution in [3.8, 4) is 0 Å². The number of rotatable bonds is 3. The molecule has 1 saturated heterocycles. The highest BCUT2D eigenvalue weighted by Crippen LogP contribution is 2.34. The Hall–Kier alpha value is -1.89. The van der Waals surface area contributed by atoms with Crippen LogP contribution in [-0.4, -0.2) is 29.9 Å². The first-order valence-electron chi connectivity index (χ1n) is 6.46. The third-order valence-corrected chi connectivity index (χ3v) is 3.63. The first kappa shape index (κ1) is 15.5. The van der Waals surface area contributed by atoms with Crippen molar-refractivity contribution in [1.29, 1.82) is 0 Å². The quantitative estimate of drug-likeness (QED) is 0.840. The van der Waals surface area contributed by atoms with E-state index in [1.165, 1.54) is 12.1 Å². The van der Waals surface area contributed by atoms with E-state index in [2.05, 4.69) is 5.32 Å². The summed E-state index contributed by atoms with van der Waals surface area (Å²) in [6.07, 6.45) is -4.42. The summed E-state index contributed by atoms with van der Waals surface area (Å²) >= 11 is 0. The van der Waals surface area contributed by atoms with Crippen molar-refractivity contribution in [3.63, 3.8) is 0 Å². The summed E-state index contributed by atoms with van der Waals surface area (Å²) in [4.78, 5) is 23.6. The number of piperidine rings is 1. The average molecular weight is 301 g/mol. The van der Waals surface area contributed by atoms with Gasteiger partial charge in [0.25, 0.3) is 0 Å². The molecule has 0 bridgehead atoms. The molecule has 0 aliphatic carbocycles. The molecule has 1 fully saturated rings. The Morgan fingerprint density at radius 2 is 1.86 bits per heavy atom. The topological polar surface area (TPSA) is 66.4 Å². The molecule has 1 aromatic rings. The molecule has 0 saturated carbocycles. The summed E-state index contributed by atoms with van der Waals surface area (Å²) in [5.74, 6) is -3.87. The van der Waals surface area contributed by atoms with Crippen molar-refractivity contribution in [2.75, 3.05) is 13.1 Å². The van der Waals surface area contributed by atoms with Crippen LogP contribution in [0, 0.1) is 11.8 Å². The fourth-order valence-corrected chi connectivity index (χ4v) is 2.57. The monoisotopic (exact) mass is 301 g/mol. The van der Waals surface area contributed by atoms with Crippen molar-refractivity contribution >= 4 is 11.8 Å². The number of Topliss-reactive ketones (excluding diaryl/α,β-unsaturated/α-hetero) is 1. The maximum absolute atomic E-state index is 12.9. The molecule has 0 aromatic heterocycles. The van der Waals surface area contributed by atoms with Gasteiger partial charge in [-0.15, -0.1) is 0 Å². The van der Waals surface area contributed by atoms with Gasteiger partial charge in [-0.3, -0.25) is 9.59 Å². The Morgan fingerprint density at radius 3 is 2.48 bits per heavy atom. The molecule has 2 unspecified atom stereocenters. The second-order valence-corrected chi connectivity index (χ2v) is 4.95. The predicted molar refractivity (Wildman–Crippen MR) is 67.9 cm³/mol. The standard InChI is InChI=1S/C14H14F3NO3/c15-14(16,17)11-4-2-1-3-9(11)12(19)10-7-18-6-5-8(10)13(20)21/h1-4,8,10,18H,5-7H2,(H,20,21). The summed E-state index contributed by atoms with van der Waals surface area (Å²) in [5, 5.41) is 12.0. The Labute approximate surface area is 119 Å². The van der Waals surface area contributed by atoms with Gasteiger partial charge >= 0.3 is 12.1 Å². The van der Waals surface area contributed by atoms with Crippen LogP contribution in [0.2, 0.25) is 0 Å². The van der Waals surface area contributed by atoms with Gasteiger partial charge in [0.05, 0.1) is 11.5 Å². The van der Waals surface area contributed by atoms with E-state index in [-0.39, 0.29) is 13.0 Å². The minimum atomic E-state index is -4.65. The Morgan fingerprint density at radius 1 is 1.19 bits per heavy atom. The van der Waals surface area contributed by atoms with Crippen LogP contribution in [0.25, 0.3) is 0 Å². The van der Waals surface area contributed by atoms with E-state index in [4.69, 9.17) is 5.11 Å². The number of alkyl halides is 3. The number of carbonyl (C=O) groups is 2. The Balaban J connectivity index is 2.37. The van der Waals surface area contributed by atoms with Crippen LogP contribution in [0.15, 0.2) is 24.3 Å².